The van der Waals surface area contributed by atoms with E-state index in [4.69, 9.17) is 9.72 Å². The second-order valence-electron chi connectivity index (χ2n) is 5.74. The first-order chi connectivity index (χ1) is 9.63. The predicted octanol–water partition coefficient (Wildman–Crippen LogP) is 2.36. The molecule has 1 aliphatic heterocycles. The Morgan fingerprint density at radius 1 is 1.45 bits per heavy atom. The van der Waals surface area contributed by atoms with Crippen molar-refractivity contribution in [2.75, 3.05) is 31.6 Å². The first-order valence-corrected chi connectivity index (χ1v) is 7.60. The van der Waals surface area contributed by atoms with E-state index < -0.39 is 0 Å². The van der Waals surface area contributed by atoms with Crippen LogP contribution < -0.4 is 10.2 Å². The fraction of sp³-hybridized carbons (Fsp3) is 0.688. The summed E-state index contributed by atoms with van der Waals surface area (Å²) in [6.07, 6.45) is 1.47. The molecule has 0 spiro atoms. The molecule has 0 aliphatic carbocycles. The molecule has 0 amide bonds. The predicted molar refractivity (Wildman–Crippen MR) is 83.1 cm³/mol. The van der Waals surface area contributed by atoms with Crippen LogP contribution >= 0.6 is 0 Å². The van der Waals surface area contributed by atoms with Gasteiger partial charge in [-0.2, -0.15) is 0 Å². The second kappa shape index (κ2) is 7.04. The Hall–Kier alpha value is -1.13. The maximum Gasteiger partial charge on any atom is 0.129 e. The van der Waals surface area contributed by atoms with Crippen molar-refractivity contribution in [2.24, 2.45) is 5.92 Å². The van der Waals surface area contributed by atoms with E-state index in [-0.39, 0.29) is 0 Å². The number of methoxy groups -OCH3 is 1. The summed E-state index contributed by atoms with van der Waals surface area (Å²) in [7, 11) is 1.81. The minimum atomic E-state index is 0.309. The van der Waals surface area contributed by atoms with E-state index in [0.717, 1.165) is 44.1 Å². The van der Waals surface area contributed by atoms with Gasteiger partial charge in [0, 0.05) is 32.4 Å². The summed E-state index contributed by atoms with van der Waals surface area (Å²) < 4.78 is 5.60. The van der Waals surface area contributed by atoms with Gasteiger partial charge in [-0.3, -0.25) is 0 Å². The van der Waals surface area contributed by atoms with Gasteiger partial charge in [-0.05, 0) is 43.5 Å². The highest BCUT2D eigenvalue weighted by atomic mass is 16.5. The summed E-state index contributed by atoms with van der Waals surface area (Å²) in [5.41, 5.74) is 2.39. The van der Waals surface area contributed by atoms with Crippen LogP contribution in [0.4, 0.5) is 5.82 Å². The molecule has 0 saturated carbocycles. The van der Waals surface area contributed by atoms with E-state index in [1.807, 2.05) is 7.11 Å². The SMILES string of the molecule is CCNCc1cc(C)nc(N2CCC(C)C(OC)C2)c1. The molecular formula is C16H27N3O. The largest absolute Gasteiger partial charge is 0.379 e. The number of aromatic nitrogens is 1. The van der Waals surface area contributed by atoms with E-state index in [1.54, 1.807) is 0 Å². The third-order valence-electron chi connectivity index (χ3n) is 4.09. The first kappa shape index (κ1) is 15.3. The summed E-state index contributed by atoms with van der Waals surface area (Å²) >= 11 is 0. The van der Waals surface area contributed by atoms with Crippen LogP contribution in [0.15, 0.2) is 12.1 Å². The number of nitrogens with zero attached hydrogens (tertiary/aromatic N) is 2. The highest BCUT2D eigenvalue weighted by Crippen LogP contribution is 2.24. The molecule has 1 aromatic rings. The Labute approximate surface area is 122 Å². The van der Waals surface area contributed by atoms with Gasteiger partial charge in [0.25, 0.3) is 0 Å². The fourth-order valence-corrected chi connectivity index (χ4v) is 2.80. The van der Waals surface area contributed by atoms with Crippen molar-refractivity contribution >= 4 is 5.82 Å². The lowest BCUT2D eigenvalue weighted by Crippen LogP contribution is -2.44. The van der Waals surface area contributed by atoms with Crippen molar-refractivity contribution in [3.63, 3.8) is 0 Å². The zero-order valence-electron chi connectivity index (χ0n) is 13.1. The number of rotatable bonds is 5. The minimum Gasteiger partial charge on any atom is -0.379 e. The number of hydrogen-bond acceptors (Lipinski definition) is 4. The maximum atomic E-state index is 5.60. The Morgan fingerprint density at radius 3 is 2.95 bits per heavy atom. The topological polar surface area (TPSA) is 37.4 Å². The third kappa shape index (κ3) is 3.70. The Kier molecular flexibility index (Phi) is 5.38. The van der Waals surface area contributed by atoms with E-state index in [9.17, 15) is 0 Å². The molecule has 2 unspecified atom stereocenters. The van der Waals surface area contributed by atoms with Crippen LogP contribution in [-0.2, 0) is 11.3 Å². The molecule has 4 heteroatoms. The molecule has 2 heterocycles. The highest BCUT2D eigenvalue weighted by Gasteiger charge is 2.26. The van der Waals surface area contributed by atoms with Gasteiger partial charge in [-0.1, -0.05) is 13.8 Å². The van der Waals surface area contributed by atoms with Crippen molar-refractivity contribution in [1.29, 1.82) is 0 Å². The molecule has 1 saturated heterocycles. The van der Waals surface area contributed by atoms with Crippen molar-refractivity contribution in [3.8, 4) is 0 Å². The molecule has 1 N–H and O–H groups in total. The molecule has 4 nitrogen and oxygen atoms in total. The number of piperidine rings is 1. The number of pyridine rings is 1. The standard InChI is InChI=1S/C16H27N3O/c1-5-17-10-14-8-13(3)18-16(9-14)19-7-6-12(2)15(11-19)20-4/h8-9,12,15,17H,5-7,10-11H2,1-4H3. The van der Waals surface area contributed by atoms with Gasteiger partial charge in [-0.25, -0.2) is 4.98 Å². The molecule has 1 aliphatic rings. The van der Waals surface area contributed by atoms with Gasteiger partial charge < -0.3 is 15.0 Å². The van der Waals surface area contributed by atoms with Crippen LogP contribution in [0.5, 0.6) is 0 Å². The van der Waals surface area contributed by atoms with Gasteiger partial charge >= 0.3 is 0 Å². The van der Waals surface area contributed by atoms with Crippen LogP contribution in [0.1, 0.15) is 31.5 Å². The molecule has 1 aromatic heterocycles. The molecule has 0 bridgehead atoms. The average Bonchev–Trinajstić information content (AvgIpc) is 2.45. The average molecular weight is 277 g/mol. The van der Waals surface area contributed by atoms with Crippen molar-refractivity contribution in [2.45, 2.75) is 39.8 Å². The summed E-state index contributed by atoms with van der Waals surface area (Å²) in [4.78, 5) is 7.06. The normalized spacial score (nSPS) is 23.1. The first-order valence-electron chi connectivity index (χ1n) is 7.60. The van der Waals surface area contributed by atoms with Crippen molar-refractivity contribution < 1.29 is 4.74 Å². The lowest BCUT2D eigenvalue weighted by Gasteiger charge is -2.37. The lowest BCUT2D eigenvalue weighted by atomic mass is 9.96. The fourth-order valence-electron chi connectivity index (χ4n) is 2.80. The van der Waals surface area contributed by atoms with Crippen molar-refractivity contribution in [1.82, 2.24) is 10.3 Å². The number of ether oxygens (including phenoxy) is 1. The summed E-state index contributed by atoms with van der Waals surface area (Å²) in [5, 5.41) is 3.38. The monoisotopic (exact) mass is 277 g/mol. The number of aryl methyl sites for hydroxylation is 1. The Morgan fingerprint density at radius 2 is 2.25 bits per heavy atom. The second-order valence-corrected chi connectivity index (χ2v) is 5.74. The van der Waals surface area contributed by atoms with E-state index in [2.05, 4.69) is 43.1 Å². The Balaban J connectivity index is 2.13. The molecule has 0 radical (unpaired) electrons. The number of nitrogens with one attached hydrogen (secondary N) is 1. The van der Waals surface area contributed by atoms with Crippen LogP contribution in [-0.4, -0.2) is 37.8 Å². The molecule has 112 valence electrons. The quantitative estimate of drug-likeness (QED) is 0.896. The third-order valence-corrected chi connectivity index (χ3v) is 4.09. The summed E-state index contributed by atoms with van der Waals surface area (Å²) in [6, 6.07) is 4.37. The summed E-state index contributed by atoms with van der Waals surface area (Å²) in [6.45, 7) is 10.4. The zero-order valence-corrected chi connectivity index (χ0v) is 13.1. The highest BCUT2D eigenvalue weighted by molar-refractivity contribution is 5.43. The Bertz CT molecular complexity index is 436. The maximum absolute atomic E-state index is 5.60. The molecular weight excluding hydrogens is 250 g/mol. The van der Waals surface area contributed by atoms with Crippen LogP contribution in [0, 0.1) is 12.8 Å². The number of hydrogen-bond donors (Lipinski definition) is 1. The van der Waals surface area contributed by atoms with E-state index >= 15 is 0 Å². The van der Waals surface area contributed by atoms with E-state index in [1.165, 1.54) is 5.56 Å². The van der Waals surface area contributed by atoms with Crippen molar-refractivity contribution in [3.05, 3.63) is 23.4 Å². The number of anilines is 1. The van der Waals surface area contributed by atoms with Gasteiger partial charge in [0.1, 0.15) is 5.82 Å². The van der Waals surface area contributed by atoms with Gasteiger partial charge in [-0.15, -0.1) is 0 Å². The van der Waals surface area contributed by atoms with E-state index in [0.29, 0.717) is 12.0 Å². The molecule has 0 aromatic carbocycles. The van der Waals surface area contributed by atoms with Crippen LogP contribution in [0.25, 0.3) is 0 Å². The molecule has 2 rings (SSSR count). The van der Waals surface area contributed by atoms with Crippen LogP contribution in [0.3, 0.4) is 0 Å². The van der Waals surface area contributed by atoms with Gasteiger partial charge in [0.15, 0.2) is 0 Å². The molecule has 20 heavy (non-hydrogen) atoms. The zero-order chi connectivity index (χ0) is 14.5. The van der Waals surface area contributed by atoms with Gasteiger partial charge in [0.2, 0.25) is 0 Å². The van der Waals surface area contributed by atoms with Crippen LogP contribution in [0.2, 0.25) is 0 Å². The van der Waals surface area contributed by atoms with Gasteiger partial charge in [0.05, 0.1) is 6.10 Å². The molecule has 2 atom stereocenters. The smallest absolute Gasteiger partial charge is 0.129 e. The minimum absolute atomic E-state index is 0.309. The summed E-state index contributed by atoms with van der Waals surface area (Å²) in [5.74, 6) is 1.72. The lowest BCUT2D eigenvalue weighted by molar-refractivity contribution is 0.0496. The molecule has 1 fully saturated rings.